The van der Waals surface area contributed by atoms with E-state index in [4.69, 9.17) is 0 Å². The molecule has 22 heavy (non-hydrogen) atoms. The van der Waals surface area contributed by atoms with Crippen LogP contribution in [-0.4, -0.2) is 9.55 Å². The number of thiophene rings is 1. The molecule has 0 radical (unpaired) electrons. The quantitative estimate of drug-likeness (QED) is 0.741. The highest BCUT2D eigenvalue weighted by molar-refractivity contribution is 7.10. The summed E-state index contributed by atoms with van der Waals surface area (Å²) >= 11 is 1.81. The minimum Gasteiger partial charge on any atom is -0.329 e. The summed E-state index contributed by atoms with van der Waals surface area (Å²) in [6, 6.07) is 13.0. The Labute approximate surface area is 135 Å². The molecule has 1 unspecified atom stereocenters. The van der Waals surface area contributed by atoms with Gasteiger partial charge < -0.3 is 9.88 Å². The fourth-order valence-electron chi connectivity index (χ4n) is 2.60. The van der Waals surface area contributed by atoms with Gasteiger partial charge in [-0.15, -0.1) is 11.3 Å². The van der Waals surface area contributed by atoms with Gasteiger partial charge in [0, 0.05) is 29.9 Å². The smallest absolute Gasteiger partial charge is 0.122 e. The number of nitrogens with zero attached hydrogens (tertiary/aromatic N) is 2. The van der Waals surface area contributed by atoms with Gasteiger partial charge in [0.1, 0.15) is 5.82 Å². The second kappa shape index (κ2) is 6.90. The summed E-state index contributed by atoms with van der Waals surface area (Å²) in [4.78, 5) is 5.90. The number of rotatable bonds is 6. The highest BCUT2D eigenvalue weighted by Crippen LogP contribution is 2.23. The van der Waals surface area contributed by atoms with Crippen molar-refractivity contribution in [2.45, 2.75) is 33.0 Å². The van der Waals surface area contributed by atoms with E-state index in [9.17, 15) is 0 Å². The van der Waals surface area contributed by atoms with E-state index in [1.807, 2.05) is 29.8 Å². The number of hydrogen-bond acceptors (Lipinski definition) is 3. The number of imidazole rings is 1. The third-order valence-electron chi connectivity index (χ3n) is 3.86. The van der Waals surface area contributed by atoms with E-state index in [-0.39, 0.29) is 0 Å². The van der Waals surface area contributed by atoms with E-state index in [1.54, 1.807) is 0 Å². The van der Waals surface area contributed by atoms with Crippen LogP contribution in [0.15, 0.2) is 54.2 Å². The third kappa shape index (κ3) is 3.46. The lowest BCUT2D eigenvalue weighted by Gasteiger charge is -2.14. The molecule has 0 spiro atoms. The van der Waals surface area contributed by atoms with Gasteiger partial charge in [0.25, 0.3) is 0 Å². The maximum absolute atomic E-state index is 4.49. The predicted octanol–water partition coefficient (Wildman–Crippen LogP) is 4.15. The zero-order chi connectivity index (χ0) is 15.4. The van der Waals surface area contributed by atoms with E-state index >= 15 is 0 Å². The molecular formula is C18H21N3S. The first-order chi connectivity index (χ1) is 10.7. The molecule has 0 amide bonds. The molecule has 0 aliphatic rings. The van der Waals surface area contributed by atoms with Crippen LogP contribution in [0, 0.1) is 6.92 Å². The van der Waals surface area contributed by atoms with Gasteiger partial charge in [-0.2, -0.15) is 0 Å². The first kappa shape index (κ1) is 15.0. The van der Waals surface area contributed by atoms with Crippen LogP contribution >= 0.6 is 11.3 Å². The monoisotopic (exact) mass is 311 g/mol. The van der Waals surface area contributed by atoms with Crippen molar-refractivity contribution in [1.29, 1.82) is 0 Å². The normalized spacial score (nSPS) is 12.5. The Kier molecular flexibility index (Phi) is 4.71. The summed E-state index contributed by atoms with van der Waals surface area (Å²) in [6.45, 7) is 6.02. The molecule has 3 aromatic rings. The molecule has 0 bridgehead atoms. The van der Waals surface area contributed by atoms with Crippen molar-refractivity contribution < 1.29 is 0 Å². The average molecular weight is 311 g/mol. The Morgan fingerprint density at radius 3 is 2.77 bits per heavy atom. The summed E-state index contributed by atoms with van der Waals surface area (Å²) < 4.78 is 2.20. The molecule has 1 N–H and O–H groups in total. The van der Waals surface area contributed by atoms with Crippen molar-refractivity contribution in [1.82, 2.24) is 14.9 Å². The van der Waals surface area contributed by atoms with Gasteiger partial charge >= 0.3 is 0 Å². The fraction of sp³-hybridized carbons (Fsp3) is 0.278. The summed E-state index contributed by atoms with van der Waals surface area (Å²) in [5.74, 6) is 1.07. The van der Waals surface area contributed by atoms with Crippen LogP contribution in [-0.2, 0) is 13.1 Å². The highest BCUT2D eigenvalue weighted by Gasteiger charge is 2.11. The first-order valence-corrected chi connectivity index (χ1v) is 8.43. The molecule has 114 valence electrons. The van der Waals surface area contributed by atoms with Crippen LogP contribution in [0.5, 0.6) is 0 Å². The molecule has 0 aliphatic heterocycles. The first-order valence-electron chi connectivity index (χ1n) is 7.55. The molecule has 2 heterocycles. The highest BCUT2D eigenvalue weighted by atomic mass is 32.1. The molecule has 0 aliphatic carbocycles. The molecule has 3 nitrogen and oxygen atoms in total. The van der Waals surface area contributed by atoms with Gasteiger partial charge in [-0.3, -0.25) is 0 Å². The van der Waals surface area contributed by atoms with E-state index in [1.165, 1.54) is 16.0 Å². The summed E-state index contributed by atoms with van der Waals surface area (Å²) in [7, 11) is 0. The van der Waals surface area contributed by atoms with Crippen LogP contribution in [0.3, 0.4) is 0 Å². The van der Waals surface area contributed by atoms with Crippen LogP contribution in [0.2, 0.25) is 0 Å². The predicted molar refractivity (Wildman–Crippen MR) is 92.1 cm³/mol. The van der Waals surface area contributed by atoms with E-state index in [0.29, 0.717) is 6.04 Å². The second-order valence-electron chi connectivity index (χ2n) is 5.53. The van der Waals surface area contributed by atoms with Crippen LogP contribution < -0.4 is 5.32 Å². The molecule has 0 saturated heterocycles. The van der Waals surface area contributed by atoms with Crippen molar-refractivity contribution in [2.24, 2.45) is 0 Å². The van der Waals surface area contributed by atoms with Gasteiger partial charge in [0.2, 0.25) is 0 Å². The minimum absolute atomic E-state index is 0.349. The number of aryl methyl sites for hydroxylation is 1. The lowest BCUT2D eigenvalue weighted by molar-refractivity contribution is 0.548. The Morgan fingerprint density at radius 1 is 1.23 bits per heavy atom. The van der Waals surface area contributed by atoms with Gasteiger partial charge in [-0.1, -0.05) is 30.3 Å². The van der Waals surface area contributed by atoms with Crippen molar-refractivity contribution >= 4 is 11.3 Å². The van der Waals surface area contributed by atoms with Gasteiger partial charge in [0.15, 0.2) is 0 Å². The average Bonchev–Trinajstić information content (AvgIpc) is 3.15. The summed E-state index contributed by atoms with van der Waals surface area (Å²) in [6.07, 6.45) is 3.92. The molecular weight excluding hydrogens is 290 g/mol. The van der Waals surface area contributed by atoms with Gasteiger partial charge in [0.05, 0.1) is 6.54 Å². The fourth-order valence-corrected chi connectivity index (χ4v) is 3.56. The third-order valence-corrected chi connectivity index (χ3v) is 5.06. The van der Waals surface area contributed by atoms with Crippen LogP contribution in [0.1, 0.15) is 34.8 Å². The minimum atomic E-state index is 0.349. The Hall–Kier alpha value is -1.91. The standard InChI is InChI=1S/C18H21N3S/c1-14-8-11-22-18(14)15(2)20-12-17-19-9-10-21(17)13-16-6-4-3-5-7-16/h3-11,15,20H,12-13H2,1-2H3. The topological polar surface area (TPSA) is 29.9 Å². The molecule has 0 fully saturated rings. The van der Waals surface area contributed by atoms with Gasteiger partial charge in [-0.25, -0.2) is 4.98 Å². The molecule has 1 atom stereocenters. The number of aromatic nitrogens is 2. The maximum Gasteiger partial charge on any atom is 0.122 e. The molecule has 0 saturated carbocycles. The zero-order valence-corrected chi connectivity index (χ0v) is 13.8. The molecule has 1 aromatic carbocycles. The Balaban J connectivity index is 1.64. The molecule has 3 rings (SSSR count). The Morgan fingerprint density at radius 2 is 2.05 bits per heavy atom. The SMILES string of the molecule is Cc1ccsc1C(C)NCc1nccn1Cc1ccccc1. The van der Waals surface area contributed by atoms with Crippen molar-refractivity contribution in [2.75, 3.05) is 0 Å². The second-order valence-corrected chi connectivity index (χ2v) is 6.48. The summed E-state index contributed by atoms with van der Waals surface area (Å²) in [5.41, 5.74) is 2.65. The van der Waals surface area contributed by atoms with Crippen LogP contribution in [0.4, 0.5) is 0 Å². The summed E-state index contributed by atoms with van der Waals surface area (Å²) in [5, 5.41) is 5.73. The number of hydrogen-bond donors (Lipinski definition) is 1. The lowest BCUT2D eigenvalue weighted by atomic mass is 10.2. The van der Waals surface area contributed by atoms with E-state index in [0.717, 1.165) is 18.9 Å². The largest absolute Gasteiger partial charge is 0.329 e. The number of nitrogens with one attached hydrogen (secondary N) is 1. The van der Waals surface area contributed by atoms with E-state index in [2.05, 4.69) is 64.4 Å². The van der Waals surface area contributed by atoms with E-state index < -0.39 is 0 Å². The molecule has 4 heteroatoms. The number of benzene rings is 1. The maximum atomic E-state index is 4.49. The van der Waals surface area contributed by atoms with Crippen molar-refractivity contribution in [3.05, 3.63) is 76.0 Å². The van der Waals surface area contributed by atoms with Crippen molar-refractivity contribution in [3.63, 3.8) is 0 Å². The van der Waals surface area contributed by atoms with Gasteiger partial charge in [-0.05, 0) is 36.4 Å². The lowest BCUT2D eigenvalue weighted by Crippen LogP contribution is -2.20. The molecule has 2 aromatic heterocycles. The zero-order valence-electron chi connectivity index (χ0n) is 13.0. The van der Waals surface area contributed by atoms with Crippen molar-refractivity contribution in [3.8, 4) is 0 Å². The van der Waals surface area contributed by atoms with Crippen LogP contribution in [0.25, 0.3) is 0 Å². The Bertz CT molecular complexity index is 715.